The molecule has 0 aromatic carbocycles. The van der Waals surface area contributed by atoms with Crippen LogP contribution in [0.2, 0.25) is 0 Å². The molecule has 0 fully saturated rings. The molecular weight excluding hydrogens is 172 g/mol. The molecule has 0 aliphatic carbocycles. The van der Waals surface area contributed by atoms with Crippen molar-refractivity contribution in [2.75, 3.05) is 20.6 Å². The number of unbranched alkanes of at least 4 members (excludes halogenated alkanes) is 1. The molecule has 2 atom stereocenters. The lowest BCUT2D eigenvalue weighted by Gasteiger charge is -2.24. The minimum Gasteiger partial charge on any atom is -0.310 e. The summed E-state index contributed by atoms with van der Waals surface area (Å²) in [4.78, 5) is 2.24. The van der Waals surface area contributed by atoms with Crippen molar-refractivity contribution in [3.8, 4) is 0 Å². The average molecular weight is 200 g/mol. The molecule has 0 aromatic heterocycles. The Hall–Kier alpha value is -0.0800. The zero-order chi connectivity index (χ0) is 11.0. The Morgan fingerprint density at radius 1 is 1.21 bits per heavy atom. The van der Waals surface area contributed by atoms with Crippen LogP contribution in [0.5, 0.6) is 0 Å². The van der Waals surface area contributed by atoms with Gasteiger partial charge in [-0.3, -0.25) is 0 Å². The summed E-state index contributed by atoms with van der Waals surface area (Å²) in [7, 11) is 4.26. The second kappa shape index (κ2) is 8.25. The van der Waals surface area contributed by atoms with Gasteiger partial charge in [0, 0.05) is 18.6 Å². The molecule has 0 spiro atoms. The van der Waals surface area contributed by atoms with Crippen LogP contribution in [0.15, 0.2) is 0 Å². The molecule has 2 nitrogen and oxygen atoms in total. The molecule has 0 aromatic rings. The standard InChI is InChI=1S/C12H28N2/c1-6-8-9-12(7-2)13-11(3)10-14(4)5/h11-13H,6-10H2,1-5H3. The Kier molecular flexibility index (Phi) is 8.20. The van der Waals surface area contributed by atoms with E-state index in [0.717, 1.165) is 6.54 Å². The van der Waals surface area contributed by atoms with Crippen LogP contribution in [-0.4, -0.2) is 37.6 Å². The zero-order valence-electron chi connectivity index (χ0n) is 10.6. The summed E-state index contributed by atoms with van der Waals surface area (Å²) in [5.74, 6) is 0. The summed E-state index contributed by atoms with van der Waals surface area (Å²) in [5, 5.41) is 3.69. The predicted octanol–water partition coefficient (Wildman–Crippen LogP) is 2.49. The van der Waals surface area contributed by atoms with E-state index in [2.05, 4.69) is 45.1 Å². The van der Waals surface area contributed by atoms with Crippen LogP contribution >= 0.6 is 0 Å². The highest BCUT2D eigenvalue weighted by Gasteiger charge is 2.09. The minimum atomic E-state index is 0.604. The molecule has 0 saturated carbocycles. The lowest BCUT2D eigenvalue weighted by molar-refractivity contribution is 0.316. The Balaban J connectivity index is 3.68. The van der Waals surface area contributed by atoms with E-state index in [9.17, 15) is 0 Å². The summed E-state index contributed by atoms with van der Waals surface area (Å²) < 4.78 is 0. The van der Waals surface area contributed by atoms with Crippen molar-refractivity contribution in [2.24, 2.45) is 0 Å². The third kappa shape index (κ3) is 7.34. The highest BCUT2D eigenvalue weighted by molar-refractivity contribution is 4.71. The van der Waals surface area contributed by atoms with Gasteiger partial charge in [-0.1, -0.05) is 26.7 Å². The van der Waals surface area contributed by atoms with Gasteiger partial charge in [0.05, 0.1) is 0 Å². The van der Waals surface area contributed by atoms with Crippen LogP contribution in [0.25, 0.3) is 0 Å². The second-order valence-corrected chi connectivity index (χ2v) is 4.58. The lowest BCUT2D eigenvalue weighted by atomic mass is 10.1. The first kappa shape index (κ1) is 13.9. The maximum absolute atomic E-state index is 3.69. The molecule has 1 N–H and O–H groups in total. The van der Waals surface area contributed by atoms with E-state index < -0.39 is 0 Å². The van der Waals surface area contributed by atoms with Crippen molar-refractivity contribution in [3.05, 3.63) is 0 Å². The molecule has 0 rings (SSSR count). The Bertz CT molecular complexity index is 123. The predicted molar refractivity (Wildman–Crippen MR) is 64.8 cm³/mol. The molecule has 14 heavy (non-hydrogen) atoms. The third-order valence-electron chi connectivity index (χ3n) is 2.56. The normalized spacial score (nSPS) is 15.9. The van der Waals surface area contributed by atoms with Gasteiger partial charge in [0.25, 0.3) is 0 Å². The van der Waals surface area contributed by atoms with E-state index >= 15 is 0 Å². The van der Waals surface area contributed by atoms with Gasteiger partial charge in [-0.2, -0.15) is 0 Å². The van der Waals surface area contributed by atoms with Crippen LogP contribution in [-0.2, 0) is 0 Å². The van der Waals surface area contributed by atoms with E-state index in [0.29, 0.717) is 12.1 Å². The fraction of sp³-hybridized carbons (Fsp3) is 1.00. The molecule has 0 radical (unpaired) electrons. The van der Waals surface area contributed by atoms with Gasteiger partial charge in [-0.05, 0) is 33.9 Å². The first-order valence-corrected chi connectivity index (χ1v) is 6.00. The molecule has 0 aliphatic heterocycles. The van der Waals surface area contributed by atoms with Gasteiger partial charge < -0.3 is 10.2 Å². The van der Waals surface area contributed by atoms with Crippen LogP contribution in [0.1, 0.15) is 46.5 Å². The maximum Gasteiger partial charge on any atom is 0.0169 e. The molecule has 0 saturated heterocycles. The highest BCUT2D eigenvalue weighted by Crippen LogP contribution is 2.05. The number of hydrogen-bond acceptors (Lipinski definition) is 2. The molecule has 0 amide bonds. The minimum absolute atomic E-state index is 0.604. The lowest BCUT2D eigenvalue weighted by Crippen LogP contribution is -2.41. The topological polar surface area (TPSA) is 15.3 Å². The summed E-state index contributed by atoms with van der Waals surface area (Å²) in [5.41, 5.74) is 0. The van der Waals surface area contributed by atoms with E-state index in [4.69, 9.17) is 0 Å². The Labute approximate surface area is 90.1 Å². The van der Waals surface area contributed by atoms with Crippen LogP contribution in [0.4, 0.5) is 0 Å². The van der Waals surface area contributed by atoms with Crippen LogP contribution < -0.4 is 5.32 Å². The van der Waals surface area contributed by atoms with Gasteiger partial charge >= 0.3 is 0 Å². The van der Waals surface area contributed by atoms with Gasteiger partial charge in [0.1, 0.15) is 0 Å². The third-order valence-corrected chi connectivity index (χ3v) is 2.56. The fourth-order valence-corrected chi connectivity index (χ4v) is 1.86. The molecule has 2 heteroatoms. The fourth-order valence-electron chi connectivity index (χ4n) is 1.86. The summed E-state index contributed by atoms with van der Waals surface area (Å²) in [6, 6.07) is 1.32. The molecule has 0 aliphatic rings. The smallest absolute Gasteiger partial charge is 0.0169 e. The SMILES string of the molecule is CCCCC(CC)NC(C)CN(C)C. The van der Waals surface area contributed by atoms with Crippen molar-refractivity contribution in [1.29, 1.82) is 0 Å². The monoisotopic (exact) mass is 200 g/mol. The number of nitrogens with one attached hydrogen (secondary N) is 1. The van der Waals surface area contributed by atoms with Crippen molar-refractivity contribution in [2.45, 2.75) is 58.5 Å². The Morgan fingerprint density at radius 3 is 2.29 bits per heavy atom. The molecule has 86 valence electrons. The van der Waals surface area contributed by atoms with Crippen molar-refractivity contribution in [3.63, 3.8) is 0 Å². The van der Waals surface area contributed by atoms with Crippen molar-refractivity contribution < 1.29 is 0 Å². The van der Waals surface area contributed by atoms with E-state index in [1.807, 2.05) is 0 Å². The first-order valence-electron chi connectivity index (χ1n) is 6.00. The number of nitrogens with zero attached hydrogens (tertiary/aromatic N) is 1. The molecular formula is C12H28N2. The molecule has 2 unspecified atom stereocenters. The van der Waals surface area contributed by atoms with E-state index in [1.54, 1.807) is 0 Å². The maximum atomic E-state index is 3.69. The average Bonchev–Trinajstić information content (AvgIpc) is 2.10. The highest BCUT2D eigenvalue weighted by atomic mass is 15.1. The number of hydrogen-bond donors (Lipinski definition) is 1. The van der Waals surface area contributed by atoms with E-state index in [1.165, 1.54) is 25.7 Å². The van der Waals surface area contributed by atoms with Gasteiger partial charge in [0.2, 0.25) is 0 Å². The summed E-state index contributed by atoms with van der Waals surface area (Å²) in [6.07, 6.45) is 5.23. The van der Waals surface area contributed by atoms with Crippen molar-refractivity contribution in [1.82, 2.24) is 10.2 Å². The van der Waals surface area contributed by atoms with Crippen molar-refractivity contribution >= 4 is 0 Å². The van der Waals surface area contributed by atoms with Gasteiger partial charge in [-0.15, -0.1) is 0 Å². The zero-order valence-corrected chi connectivity index (χ0v) is 10.6. The molecule has 0 bridgehead atoms. The Morgan fingerprint density at radius 2 is 1.86 bits per heavy atom. The molecule has 0 heterocycles. The first-order chi connectivity index (χ1) is 6.60. The second-order valence-electron chi connectivity index (χ2n) is 4.58. The van der Waals surface area contributed by atoms with Crippen LogP contribution in [0.3, 0.4) is 0 Å². The largest absolute Gasteiger partial charge is 0.310 e. The summed E-state index contributed by atoms with van der Waals surface area (Å²) >= 11 is 0. The van der Waals surface area contributed by atoms with Crippen LogP contribution in [0, 0.1) is 0 Å². The van der Waals surface area contributed by atoms with E-state index in [-0.39, 0.29) is 0 Å². The number of rotatable bonds is 8. The summed E-state index contributed by atoms with van der Waals surface area (Å²) in [6.45, 7) is 7.93. The quantitative estimate of drug-likeness (QED) is 0.647. The number of likely N-dealkylation sites (N-methyl/N-ethyl adjacent to an activating group) is 1. The van der Waals surface area contributed by atoms with Gasteiger partial charge in [0.15, 0.2) is 0 Å². The van der Waals surface area contributed by atoms with Gasteiger partial charge in [-0.25, -0.2) is 0 Å².